The molecule has 1 aliphatic heterocycles. The third-order valence-corrected chi connectivity index (χ3v) is 6.64. The van der Waals surface area contributed by atoms with Crippen LogP contribution in [0, 0.1) is 0 Å². The van der Waals surface area contributed by atoms with Crippen LogP contribution < -0.4 is 25.6 Å². The largest absolute Gasteiger partial charge is 0.455 e. The number of hydrogen-bond donors (Lipinski definition) is 2. The molecule has 2 heterocycles. The van der Waals surface area contributed by atoms with Gasteiger partial charge in [-0.15, -0.1) is 0 Å². The first-order valence-electron chi connectivity index (χ1n) is 11.6. The smallest absolute Gasteiger partial charge is 0.238 e. The molecule has 3 N–H and O–H groups in total. The molecule has 0 bridgehead atoms. The third-order valence-electron chi connectivity index (χ3n) is 5.74. The van der Waals surface area contributed by atoms with Gasteiger partial charge in [-0.25, -0.2) is 4.98 Å². The highest BCUT2D eigenvalue weighted by Gasteiger charge is 2.20. The van der Waals surface area contributed by atoms with Crippen molar-refractivity contribution in [1.82, 2.24) is 9.88 Å². The first-order chi connectivity index (χ1) is 16.9. The average molecular weight is 493 g/mol. The van der Waals surface area contributed by atoms with E-state index < -0.39 is 0 Å². The summed E-state index contributed by atoms with van der Waals surface area (Å²) in [5.74, 6) is 1.33. The Morgan fingerprint density at radius 1 is 1.11 bits per heavy atom. The summed E-state index contributed by atoms with van der Waals surface area (Å²) in [5.41, 5.74) is 8.14. The Bertz CT molecular complexity index is 1150. The van der Waals surface area contributed by atoms with Crippen molar-refractivity contribution in [3.05, 3.63) is 60.8 Å². The predicted octanol–water partition coefficient (Wildman–Crippen LogP) is 3.74. The standard InChI is InChI=1S/C26H32N6O2S/c1-30(2)20-13-19(29-25(33)17-27)14-22(15-20)35-26-16-24(34-21-7-5-4-6-8-21)23(18-28-26)32-11-9-31(3)10-12-32/h4-8,13-16,18H,9-12,17,27H2,1-3H3,(H,29,33). The number of nitrogens with zero attached hydrogens (tertiary/aromatic N) is 4. The summed E-state index contributed by atoms with van der Waals surface area (Å²) in [5, 5.41) is 3.66. The van der Waals surface area contributed by atoms with Gasteiger partial charge in [0.15, 0.2) is 5.75 Å². The molecule has 3 aromatic rings. The minimum absolute atomic E-state index is 0.0653. The van der Waals surface area contributed by atoms with Crippen molar-refractivity contribution in [3.63, 3.8) is 0 Å². The summed E-state index contributed by atoms with van der Waals surface area (Å²) >= 11 is 1.52. The lowest BCUT2D eigenvalue weighted by atomic mass is 10.2. The molecule has 184 valence electrons. The molecule has 1 saturated heterocycles. The fraction of sp³-hybridized carbons (Fsp3) is 0.308. The van der Waals surface area contributed by atoms with E-state index >= 15 is 0 Å². The van der Waals surface area contributed by atoms with Gasteiger partial charge in [0.2, 0.25) is 5.91 Å². The Hall–Kier alpha value is -3.27. The number of nitrogens with one attached hydrogen (secondary N) is 1. The molecule has 2 aromatic carbocycles. The molecule has 8 nitrogen and oxygen atoms in total. The number of carbonyl (C=O) groups is 1. The van der Waals surface area contributed by atoms with Gasteiger partial charge in [0.1, 0.15) is 10.8 Å². The zero-order valence-corrected chi connectivity index (χ0v) is 21.2. The Balaban J connectivity index is 1.64. The van der Waals surface area contributed by atoms with Crippen LogP contribution in [0.15, 0.2) is 70.7 Å². The minimum atomic E-state index is -0.231. The number of para-hydroxylation sites is 1. The van der Waals surface area contributed by atoms with Crippen LogP contribution in [0.3, 0.4) is 0 Å². The van der Waals surface area contributed by atoms with E-state index in [9.17, 15) is 4.79 Å². The lowest BCUT2D eigenvalue weighted by Gasteiger charge is -2.34. The van der Waals surface area contributed by atoms with Gasteiger partial charge in [-0.2, -0.15) is 0 Å². The monoisotopic (exact) mass is 492 g/mol. The van der Waals surface area contributed by atoms with E-state index in [1.165, 1.54) is 11.8 Å². The summed E-state index contributed by atoms with van der Waals surface area (Å²) in [6, 6.07) is 17.7. The quantitative estimate of drug-likeness (QED) is 0.492. The van der Waals surface area contributed by atoms with E-state index in [-0.39, 0.29) is 12.5 Å². The average Bonchev–Trinajstić information content (AvgIpc) is 2.85. The molecule has 0 radical (unpaired) electrons. The molecule has 1 aliphatic rings. The predicted molar refractivity (Wildman–Crippen MR) is 143 cm³/mol. The Kier molecular flexibility index (Phi) is 8.12. The second-order valence-corrected chi connectivity index (χ2v) is 9.75. The number of anilines is 3. The number of ether oxygens (including phenoxy) is 1. The zero-order valence-electron chi connectivity index (χ0n) is 20.4. The van der Waals surface area contributed by atoms with Crippen LogP contribution in [-0.2, 0) is 4.79 Å². The van der Waals surface area contributed by atoms with Crippen LogP contribution in [0.2, 0.25) is 0 Å². The highest BCUT2D eigenvalue weighted by atomic mass is 32.2. The fourth-order valence-electron chi connectivity index (χ4n) is 3.76. The van der Waals surface area contributed by atoms with Crippen LogP contribution in [0.4, 0.5) is 17.1 Å². The van der Waals surface area contributed by atoms with Crippen molar-refractivity contribution >= 4 is 34.7 Å². The Labute approximate surface area is 211 Å². The summed E-state index contributed by atoms with van der Waals surface area (Å²) in [6.07, 6.45) is 1.90. The first-order valence-corrected chi connectivity index (χ1v) is 12.4. The van der Waals surface area contributed by atoms with Gasteiger partial charge in [-0.1, -0.05) is 30.0 Å². The van der Waals surface area contributed by atoms with Crippen molar-refractivity contribution in [1.29, 1.82) is 0 Å². The highest BCUT2D eigenvalue weighted by molar-refractivity contribution is 7.99. The number of rotatable bonds is 8. The SMILES string of the molecule is CN1CCN(c2cnc(Sc3cc(NC(=O)CN)cc(N(C)C)c3)cc2Oc2ccccc2)CC1. The molecule has 1 amide bonds. The molecule has 0 atom stereocenters. The van der Waals surface area contributed by atoms with E-state index in [4.69, 9.17) is 15.5 Å². The van der Waals surface area contributed by atoms with Crippen molar-refractivity contribution < 1.29 is 9.53 Å². The maximum atomic E-state index is 11.9. The second-order valence-electron chi connectivity index (χ2n) is 8.66. The van der Waals surface area contributed by atoms with Crippen LogP contribution in [0.1, 0.15) is 0 Å². The van der Waals surface area contributed by atoms with Crippen LogP contribution in [0.25, 0.3) is 0 Å². The number of nitrogens with two attached hydrogens (primary N) is 1. The molecule has 0 aliphatic carbocycles. The molecule has 35 heavy (non-hydrogen) atoms. The number of hydrogen-bond acceptors (Lipinski definition) is 8. The number of amides is 1. The number of aromatic nitrogens is 1. The minimum Gasteiger partial charge on any atom is -0.455 e. The van der Waals surface area contributed by atoms with Gasteiger partial charge in [0.25, 0.3) is 0 Å². The molecule has 0 saturated carbocycles. The maximum absolute atomic E-state index is 11.9. The van der Waals surface area contributed by atoms with E-state index in [0.717, 1.165) is 59.0 Å². The zero-order chi connectivity index (χ0) is 24.8. The fourth-order valence-corrected chi connectivity index (χ4v) is 4.63. The topological polar surface area (TPSA) is 87.0 Å². The lowest BCUT2D eigenvalue weighted by Crippen LogP contribution is -2.44. The third kappa shape index (κ3) is 6.66. The van der Waals surface area contributed by atoms with Gasteiger partial charge in [0.05, 0.1) is 18.4 Å². The summed E-state index contributed by atoms with van der Waals surface area (Å²) in [4.78, 5) is 24.2. The van der Waals surface area contributed by atoms with Crippen LogP contribution in [-0.4, -0.2) is 69.7 Å². The summed E-state index contributed by atoms with van der Waals surface area (Å²) in [7, 11) is 6.07. The maximum Gasteiger partial charge on any atom is 0.238 e. The van der Waals surface area contributed by atoms with E-state index in [2.05, 4.69) is 28.2 Å². The number of piperazine rings is 1. The molecular weight excluding hydrogens is 460 g/mol. The Morgan fingerprint density at radius 2 is 1.86 bits per heavy atom. The van der Waals surface area contributed by atoms with Crippen LogP contribution in [0.5, 0.6) is 11.5 Å². The number of carbonyl (C=O) groups excluding carboxylic acids is 1. The Morgan fingerprint density at radius 3 is 2.54 bits per heavy atom. The van der Waals surface area contributed by atoms with Gasteiger partial charge in [-0.3, -0.25) is 4.79 Å². The van der Waals surface area contributed by atoms with Crippen molar-refractivity contribution in [3.8, 4) is 11.5 Å². The lowest BCUT2D eigenvalue weighted by molar-refractivity contribution is -0.114. The highest BCUT2D eigenvalue weighted by Crippen LogP contribution is 2.38. The summed E-state index contributed by atoms with van der Waals surface area (Å²) in [6.45, 7) is 3.77. The summed E-state index contributed by atoms with van der Waals surface area (Å²) < 4.78 is 6.33. The van der Waals surface area contributed by atoms with Gasteiger partial charge in [-0.05, 0) is 37.4 Å². The first kappa shape index (κ1) is 24.8. The second kappa shape index (κ2) is 11.4. The van der Waals surface area contributed by atoms with E-state index in [1.807, 2.05) is 73.7 Å². The molecule has 0 spiro atoms. The molecule has 1 aromatic heterocycles. The number of benzene rings is 2. The number of pyridine rings is 1. The molecular formula is C26H32N6O2S. The number of likely N-dealkylation sites (N-methyl/N-ethyl adjacent to an activating group) is 1. The van der Waals surface area contributed by atoms with Gasteiger partial charge >= 0.3 is 0 Å². The van der Waals surface area contributed by atoms with Crippen LogP contribution >= 0.6 is 11.8 Å². The molecule has 0 unspecified atom stereocenters. The van der Waals surface area contributed by atoms with Crippen molar-refractivity contribution in [2.75, 3.05) is 69.0 Å². The van der Waals surface area contributed by atoms with Crippen molar-refractivity contribution in [2.24, 2.45) is 5.73 Å². The van der Waals surface area contributed by atoms with Crippen molar-refractivity contribution in [2.45, 2.75) is 9.92 Å². The molecule has 1 fully saturated rings. The van der Waals surface area contributed by atoms with Gasteiger partial charge in [0, 0.05) is 62.6 Å². The van der Waals surface area contributed by atoms with E-state index in [0.29, 0.717) is 5.69 Å². The normalized spacial score (nSPS) is 14.0. The van der Waals surface area contributed by atoms with Gasteiger partial charge < -0.3 is 30.5 Å². The van der Waals surface area contributed by atoms with E-state index in [1.54, 1.807) is 0 Å². The molecule has 4 rings (SSSR count). The molecule has 9 heteroatoms.